The van der Waals surface area contributed by atoms with E-state index in [-0.39, 0.29) is 0 Å². The van der Waals surface area contributed by atoms with Gasteiger partial charge >= 0.3 is 0 Å². The molecule has 12 heavy (non-hydrogen) atoms. The Balaban J connectivity index is 3.07. The van der Waals surface area contributed by atoms with Crippen LogP contribution in [0.4, 0.5) is 0 Å². The van der Waals surface area contributed by atoms with Gasteiger partial charge in [-0.1, -0.05) is 0 Å². The van der Waals surface area contributed by atoms with E-state index in [1.807, 2.05) is 0 Å². The molecule has 0 heterocycles. The molecule has 0 bridgehead atoms. The second kappa shape index (κ2) is 2.58. The highest BCUT2D eigenvalue weighted by atomic mass is 16.3. The van der Waals surface area contributed by atoms with Crippen LogP contribution in [0.5, 0.6) is 0 Å². The fourth-order valence-electron chi connectivity index (χ4n) is 0.777. The molecule has 64 valence electrons. The van der Waals surface area contributed by atoms with Crippen molar-refractivity contribution in [3.63, 3.8) is 0 Å². The van der Waals surface area contributed by atoms with Crippen molar-refractivity contribution < 1.29 is 29.4 Å². The molecule has 1 aliphatic carbocycles. The van der Waals surface area contributed by atoms with Gasteiger partial charge in [0.1, 0.15) is 0 Å². The second-order valence-electron chi connectivity index (χ2n) is 2.26. The van der Waals surface area contributed by atoms with Crippen molar-refractivity contribution in [3.8, 4) is 0 Å². The van der Waals surface area contributed by atoms with Crippen molar-refractivity contribution >= 4 is 23.1 Å². The molecular weight excluding hydrogens is 168 g/mol. The van der Waals surface area contributed by atoms with Crippen molar-refractivity contribution in [1.82, 2.24) is 0 Å². The van der Waals surface area contributed by atoms with Crippen molar-refractivity contribution in [2.24, 2.45) is 0 Å². The van der Waals surface area contributed by atoms with Gasteiger partial charge in [-0.3, -0.25) is 19.2 Å². The third-order valence-corrected chi connectivity index (χ3v) is 1.48. The van der Waals surface area contributed by atoms with Crippen molar-refractivity contribution in [3.05, 3.63) is 0 Å². The summed E-state index contributed by atoms with van der Waals surface area (Å²) >= 11 is 0. The molecule has 0 atom stereocenters. The predicted molar refractivity (Wildman–Crippen MR) is 32.0 cm³/mol. The summed E-state index contributed by atoms with van der Waals surface area (Å²) in [6, 6.07) is 0. The quantitative estimate of drug-likeness (QED) is 0.297. The summed E-state index contributed by atoms with van der Waals surface area (Å²) in [5.41, 5.74) is 0. The first-order valence-corrected chi connectivity index (χ1v) is 2.99. The standard InChI is InChI=1S/C6H4O6/c7-1-2(8)4(10)6(12)5(11)3(1)9/h1,6-7,12H. The first-order chi connectivity index (χ1) is 5.46. The molecule has 0 amide bonds. The van der Waals surface area contributed by atoms with Gasteiger partial charge in [-0.25, -0.2) is 0 Å². The van der Waals surface area contributed by atoms with Crippen LogP contribution in [0.3, 0.4) is 0 Å². The molecule has 1 saturated carbocycles. The predicted octanol–water partition coefficient (Wildman–Crippen LogP) is -3.00. The van der Waals surface area contributed by atoms with Gasteiger partial charge in [-0.2, -0.15) is 0 Å². The Bertz CT molecular complexity index is 232. The van der Waals surface area contributed by atoms with Crippen LogP contribution >= 0.6 is 0 Å². The fourth-order valence-corrected chi connectivity index (χ4v) is 0.777. The number of rotatable bonds is 0. The van der Waals surface area contributed by atoms with Crippen LogP contribution in [-0.4, -0.2) is 45.6 Å². The molecule has 0 aromatic heterocycles. The van der Waals surface area contributed by atoms with Gasteiger partial charge in [0.2, 0.25) is 23.1 Å². The summed E-state index contributed by atoms with van der Waals surface area (Å²) < 4.78 is 0. The van der Waals surface area contributed by atoms with E-state index < -0.39 is 35.3 Å². The molecule has 1 rings (SSSR count). The van der Waals surface area contributed by atoms with E-state index in [0.29, 0.717) is 0 Å². The average molecular weight is 172 g/mol. The highest BCUT2D eigenvalue weighted by molar-refractivity contribution is 6.62. The minimum atomic E-state index is -2.23. The van der Waals surface area contributed by atoms with E-state index in [1.54, 1.807) is 0 Å². The van der Waals surface area contributed by atoms with E-state index in [9.17, 15) is 19.2 Å². The lowest BCUT2D eigenvalue weighted by Crippen LogP contribution is -2.54. The highest BCUT2D eigenvalue weighted by Gasteiger charge is 2.47. The Kier molecular flexibility index (Phi) is 1.87. The largest absolute Gasteiger partial charge is 0.377 e. The van der Waals surface area contributed by atoms with Crippen LogP contribution in [0.15, 0.2) is 0 Å². The van der Waals surface area contributed by atoms with Crippen LogP contribution in [0, 0.1) is 0 Å². The topological polar surface area (TPSA) is 109 Å². The Hall–Kier alpha value is -1.40. The van der Waals surface area contributed by atoms with Gasteiger partial charge in [-0.05, 0) is 0 Å². The van der Waals surface area contributed by atoms with Crippen molar-refractivity contribution in [2.45, 2.75) is 12.2 Å². The van der Waals surface area contributed by atoms with Gasteiger partial charge in [0.15, 0.2) is 12.2 Å². The summed E-state index contributed by atoms with van der Waals surface area (Å²) in [5.74, 6) is -5.75. The molecule has 0 aliphatic heterocycles. The lowest BCUT2D eigenvalue weighted by Gasteiger charge is -2.15. The average Bonchev–Trinajstić information content (AvgIpc) is 2.08. The molecule has 0 spiro atoms. The fraction of sp³-hybridized carbons (Fsp3) is 0.333. The molecule has 0 saturated heterocycles. The zero-order valence-corrected chi connectivity index (χ0v) is 5.68. The lowest BCUT2D eigenvalue weighted by atomic mass is 9.90. The molecular formula is C6H4O6. The molecule has 6 nitrogen and oxygen atoms in total. The highest BCUT2D eigenvalue weighted by Crippen LogP contribution is 2.05. The maximum atomic E-state index is 10.6. The van der Waals surface area contributed by atoms with E-state index in [1.165, 1.54) is 0 Å². The Morgan fingerprint density at radius 3 is 1.00 bits per heavy atom. The van der Waals surface area contributed by atoms with Crippen molar-refractivity contribution in [1.29, 1.82) is 0 Å². The Morgan fingerprint density at radius 2 is 0.833 bits per heavy atom. The first-order valence-electron chi connectivity index (χ1n) is 2.99. The number of hydrogen-bond acceptors (Lipinski definition) is 6. The van der Waals surface area contributed by atoms with E-state index in [4.69, 9.17) is 10.2 Å². The number of carbonyl (C=O) groups excluding carboxylic acids is 4. The van der Waals surface area contributed by atoms with Crippen LogP contribution in [0.2, 0.25) is 0 Å². The molecule has 2 N–H and O–H groups in total. The SMILES string of the molecule is O=C1C(=O)C(O)C(=O)C(=O)C1O. The minimum absolute atomic E-state index is 1.44. The van der Waals surface area contributed by atoms with Crippen molar-refractivity contribution in [2.75, 3.05) is 0 Å². The normalized spacial score (nSPS) is 31.2. The van der Waals surface area contributed by atoms with Gasteiger partial charge in [-0.15, -0.1) is 0 Å². The summed E-state index contributed by atoms with van der Waals surface area (Å²) in [6.07, 6.45) is -4.46. The lowest BCUT2D eigenvalue weighted by molar-refractivity contribution is -0.162. The number of aliphatic hydroxyl groups excluding tert-OH is 2. The summed E-state index contributed by atoms with van der Waals surface area (Å²) in [5, 5.41) is 17.3. The number of aliphatic hydroxyl groups is 2. The molecule has 0 radical (unpaired) electrons. The summed E-state index contributed by atoms with van der Waals surface area (Å²) in [4.78, 5) is 42.2. The molecule has 0 unspecified atom stereocenters. The summed E-state index contributed by atoms with van der Waals surface area (Å²) in [6.45, 7) is 0. The van der Waals surface area contributed by atoms with Gasteiger partial charge < -0.3 is 10.2 Å². The Morgan fingerprint density at radius 1 is 0.667 bits per heavy atom. The maximum Gasteiger partial charge on any atom is 0.238 e. The summed E-state index contributed by atoms with van der Waals surface area (Å²) in [7, 11) is 0. The van der Waals surface area contributed by atoms with Gasteiger partial charge in [0.25, 0.3) is 0 Å². The van der Waals surface area contributed by atoms with E-state index >= 15 is 0 Å². The monoisotopic (exact) mass is 172 g/mol. The van der Waals surface area contributed by atoms with Gasteiger partial charge in [0, 0.05) is 0 Å². The van der Waals surface area contributed by atoms with E-state index in [2.05, 4.69) is 0 Å². The van der Waals surface area contributed by atoms with Crippen LogP contribution in [0.25, 0.3) is 0 Å². The number of Topliss-reactive ketones (excluding diaryl/α,β-unsaturated/α-hetero) is 4. The van der Waals surface area contributed by atoms with Crippen LogP contribution in [-0.2, 0) is 19.2 Å². The minimum Gasteiger partial charge on any atom is -0.377 e. The molecule has 1 fully saturated rings. The first kappa shape index (κ1) is 8.69. The number of carbonyl (C=O) groups is 4. The molecule has 6 heteroatoms. The third-order valence-electron chi connectivity index (χ3n) is 1.48. The maximum absolute atomic E-state index is 10.6. The molecule has 1 aliphatic rings. The molecule has 0 aromatic rings. The van der Waals surface area contributed by atoms with Gasteiger partial charge in [0.05, 0.1) is 0 Å². The van der Waals surface area contributed by atoms with E-state index in [0.717, 1.165) is 0 Å². The molecule has 0 aromatic carbocycles. The Labute approximate surface area is 65.8 Å². The zero-order chi connectivity index (χ0) is 9.46. The number of hydrogen-bond donors (Lipinski definition) is 2. The smallest absolute Gasteiger partial charge is 0.238 e. The zero-order valence-electron chi connectivity index (χ0n) is 5.68. The van der Waals surface area contributed by atoms with Crippen LogP contribution in [0.1, 0.15) is 0 Å². The third kappa shape index (κ3) is 0.973. The van der Waals surface area contributed by atoms with Crippen LogP contribution < -0.4 is 0 Å². The second-order valence-corrected chi connectivity index (χ2v) is 2.26. The number of ketones is 4.